The standard InChI is InChI=1S/C22H32ClN5O.HI/c1-2-24-21(26-15-7-12-28(14-15)20-17(23)6-5-11-25-20)27-18-16-8-13-29-19(16)22(18)9-3-4-10-22;/h5-6,11,15-16,18-19H,2-4,7-10,12-14H2,1H3,(H2,24,26,27);1H. The van der Waals surface area contributed by atoms with E-state index in [1.165, 1.54) is 32.1 Å². The lowest BCUT2D eigenvalue weighted by Gasteiger charge is -2.57. The number of guanidine groups is 1. The third-order valence-corrected chi connectivity index (χ3v) is 7.76. The summed E-state index contributed by atoms with van der Waals surface area (Å²) in [5.41, 5.74) is 0.334. The van der Waals surface area contributed by atoms with Gasteiger partial charge in [-0.2, -0.15) is 0 Å². The van der Waals surface area contributed by atoms with Crippen molar-refractivity contribution in [3.63, 3.8) is 0 Å². The zero-order valence-corrected chi connectivity index (χ0v) is 20.7. The number of anilines is 1. The van der Waals surface area contributed by atoms with Gasteiger partial charge < -0.3 is 20.3 Å². The molecule has 5 rings (SSSR count). The van der Waals surface area contributed by atoms with Crippen molar-refractivity contribution < 1.29 is 4.74 Å². The molecule has 3 heterocycles. The summed E-state index contributed by atoms with van der Waals surface area (Å²) in [6.45, 7) is 5.66. The molecule has 2 N–H and O–H groups in total. The van der Waals surface area contributed by atoms with E-state index in [2.05, 4.69) is 27.4 Å². The second-order valence-electron chi connectivity index (χ2n) is 9.01. The smallest absolute Gasteiger partial charge is 0.191 e. The van der Waals surface area contributed by atoms with Crippen LogP contribution >= 0.6 is 35.6 Å². The first-order valence-electron chi connectivity index (χ1n) is 11.3. The van der Waals surface area contributed by atoms with Gasteiger partial charge in [-0.25, -0.2) is 4.98 Å². The van der Waals surface area contributed by atoms with Crippen LogP contribution < -0.4 is 15.5 Å². The van der Waals surface area contributed by atoms with E-state index in [0.29, 0.717) is 29.5 Å². The Morgan fingerprint density at radius 2 is 2.17 bits per heavy atom. The minimum absolute atomic E-state index is 0. The first-order valence-corrected chi connectivity index (χ1v) is 11.6. The van der Waals surface area contributed by atoms with E-state index in [4.69, 9.17) is 21.3 Å². The van der Waals surface area contributed by atoms with E-state index in [9.17, 15) is 0 Å². The molecule has 4 aliphatic rings. The van der Waals surface area contributed by atoms with Crippen LogP contribution in [0.4, 0.5) is 5.82 Å². The maximum absolute atomic E-state index is 6.35. The first-order chi connectivity index (χ1) is 14.2. The van der Waals surface area contributed by atoms with Gasteiger partial charge in [0.05, 0.1) is 11.1 Å². The van der Waals surface area contributed by atoms with E-state index in [0.717, 1.165) is 49.5 Å². The van der Waals surface area contributed by atoms with Gasteiger partial charge in [0.1, 0.15) is 5.82 Å². The van der Waals surface area contributed by atoms with E-state index in [1.54, 1.807) is 0 Å². The number of pyridine rings is 1. The molecule has 2 aliphatic heterocycles. The molecule has 2 saturated carbocycles. The monoisotopic (exact) mass is 545 g/mol. The van der Waals surface area contributed by atoms with Crippen LogP contribution in [0.25, 0.3) is 0 Å². The molecule has 2 saturated heterocycles. The number of nitrogens with one attached hydrogen (secondary N) is 2. The topological polar surface area (TPSA) is 61.8 Å². The highest BCUT2D eigenvalue weighted by atomic mass is 127. The maximum Gasteiger partial charge on any atom is 0.191 e. The fourth-order valence-corrected chi connectivity index (χ4v) is 6.46. The predicted octanol–water partition coefficient (Wildman–Crippen LogP) is 3.83. The Kier molecular flexibility index (Phi) is 6.99. The molecule has 30 heavy (non-hydrogen) atoms. The Bertz CT molecular complexity index is 772. The number of ether oxygens (including phenoxy) is 1. The third kappa shape index (κ3) is 3.90. The lowest BCUT2D eigenvalue weighted by Crippen LogP contribution is -2.69. The van der Waals surface area contributed by atoms with Crippen molar-refractivity contribution in [1.29, 1.82) is 0 Å². The van der Waals surface area contributed by atoms with Crippen molar-refractivity contribution >= 4 is 47.4 Å². The normalized spacial score (nSPS) is 31.9. The fourth-order valence-electron chi connectivity index (χ4n) is 6.22. The molecule has 0 bridgehead atoms. The van der Waals surface area contributed by atoms with Crippen molar-refractivity contribution in [3.8, 4) is 0 Å². The number of rotatable bonds is 4. The van der Waals surface area contributed by atoms with Gasteiger partial charge in [-0.05, 0) is 44.7 Å². The average molecular weight is 546 g/mol. The summed E-state index contributed by atoms with van der Waals surface area (Å²) in [6.07, 6.45) is 9.77. The molecule has 8 heteroatoms. The number of hydrogen-bond acceptors (Lipinski definition) is 4. The quantitative estimate of drug-likeness (QED) is 0.342. The predicted molar refractivity (Wildman–Crippen MR) is 132 cm³/mol. The maximum atomic E-state index is 6.35. The molecule has 166 valence electrons. The molecule has 4 fully saturated rings. The molecular weight excluding hydrogens is 513 g/mol. The summed E-state index contributed by atoms with van der Waals surface area (Å²) in [5.74, 6) is 2.49. The molecule has 4 unspecified atom stereocenters. The summed E-state index contributed by atoms with van der Waals surface area (Å²) in [4.78, 5) is 11.5. The van der Waals surface area contributed by atoms with Crippen molar-refractivity contribution in [2.75, 3.05) is 31.1 Å². The number of fused-ring (bicyclic) bond motifs is 2. The molecule has 4 atom stereocenters. The van der Waals surface area contributed by atoms with E-state index < -0.39 is 0 Å². The molecular formula is C22H33ClIN5O. The number of aromatic nitrogens is 1. The van der Waals surface area contributed by atoms with E-state index >= 15 is 0 Å². The van der Waals surface area contributed by atoms with Gasteiger partial charge in [-0.3, -0.25) is 4.99 Å². The molecule has 1 aromatic heterocycles. The summed E-state index contributed by atoms with van der Waals surface area (Å²) < 4.78 is 6.14. The van der Waals surface area contributed by atoms with Crippen LogP contribution in [0.5, 0.6) is 0 Å². The lowest BCUT2D eigenvalue weighted by molar-refractivity contribution is -0.125. The summed E-state index contributed by atoms with van der Waals surface area (Å²) in [6, 6.07) is 4.64. The van der Waals surface area contributed by atoms with Gasteiger partial charge >= 0.3 is 0 Å². The second-order valence-corrected chi connectivity index (χ2v) is 9.42. The Balaban J connectivity index is 0.00000218. The highest BCUT2D eigenvalue weighted by molar-refractivity contribution is 14.0. The lowest BCUT2D eigenvalue weighted by atomic mass is 9.54. The van der Waals surface area contributed by atoms with Gasteiger partial charge in [0, 0.05) is 55.9 Å². The van der Waals surface area contributed by atoms with Crippen LogP contribution in [0.2, 0.25) is 5.02 Å². The minimum atomic E-state index is 0. The van der Waals surface area contributed by atoms with Crippen LogP contribution in [-0.2, 0) is 4.74 Å². The largest absolute Gasteiger partial charge is 0.377 e. The Labute approximate surface area is 201 Å². The van der Waals surface area contributed by atoms with Crippen LogP contribution in [0, 0.1) is 11.3 Å². The number of halogens is 2. The Morgan fingerprint density at radius 3 is 2.93 bits per heavy atom. The first kappa shape index (κ1) is 22.4. The van der Waals surface area contributed by atoms with Crippen LogP contribution in [-0.4, -0.2) is 55.4 Å². The highest BCUT2D eigenvalue weighted by Gasteiger charge is 2.65. The van der Waals surface area contributed by atoms with Crippen molar-refractivity contribution in [2.24, 2.45) is 16.3 Å². The zero-order chi connectivity index (χ0) is 19.8. The van der Waals surface area contributed by atoms with Crippen molar-refractivity contribution in [3.05, 3.63) is 23.4 Å². The molecule has 1 aromatic rings. The summed E-state index contributed by atoms with van der Waals surface area (Å²) in [7, 11) is 0. The second kappa shape index (κ2) is 9.36. The molecule has 6 nitrogen and oxygen atoms in total. The van der Waals surface area contributed by atoms with Gasteiger partial charge in [0.15, 0.2) is 5.96 Å². The van der Waals surface area contributed by atoms with Gasteiger partial charge in [-0.1, -0.05) is 24.4 Å². The van der Waals surface area contributed by atoms with Gasteiger partial charge in [0.25, 0.3) is 0 Å². The van der Waals surface area contributed by atoms with Crippen molar-refractivity contribution in [2.45, 2.75) is 63.6 Å². The summed E-state index contributed by atoms with van der Waals surface area (Å²) >= 11 is 6.35. The van der Waals surface area contributed by atoms with Crippen LogP contribution in [0.15, 0.2) is 23.3 Å². The molecule has 0 radical (unpaired) electrons. The van der Waals surface area contributed by atoms with Crippen LogP contribution in [0.1, 0.15) is 45.4 Å². The average Bonchev–Trinajstić information content (AvgIpc) is 3.46. The Morgan fingerprint density at radius 1 is 1.33 bits per heavy atom. The molecule has 1 spiro atoms. The zero-order valence-electron chi connectivity index (χ0n) is 17.6. The molecule has 0 aromatic carbocycles. The van der Waals surface area contributed by atoms with E-state index in [1.807, 2.05) is 18.3 Å². The van der Waals surface area contributed by atoms with Crippen LogP contribution in [0.3, 0.4) is 0 Å². The third-order valence-electron chi connectivity index (χ3n) is 7.46. The number of aliphatic imine (C=N–C) groups is 1. The fraction of sp³-hybridized carbons (Fsp3) is 0.727. The highest BCUT2D eigenvalue weighted by Crippen LogP contribution is 2.60. The van der Waals surface area contributed by atoms with Gasteiger partial charge in [-0.15, -0.1) is 24.0 Å². The number of hydrogen-bond donors (Lipinski definition) is 2. The number of nitrogens with zero attached hydrogens (tertiary/aromatic N) is 3. The molecule has 0 amide bonds. The minimum Gasteiger partial charge on any atom is -0.377 e. The van der Waals surface area contributed by atoms with Crippen molar-refractivity contribution in [1.82, 2.24) is 15.6 Å². The van der Waals surface area contributed by atoms with E-state index in [-0.39, 0.29) is 24.0 Å². The SMILES string of the molecule is CCN=C(NC1CCN(c2ncccc2Cl)C1)NC1C2CCOC2C12CCCC2.I. The van der Waals surface area contributed by atoms with Gasteiger partial charge in [0.2, 0.25) is 0 Å². The Hall–Kier alpha value is -0.800. The summed E-state index contributed by atoms with van der Waals surface area (Å²) in [5, 5.41) is 8.28. The molecule has 2 aliphatic carbocycles.